The number of nitrogens with zero attached hydrogens (tertiary/aromatic N) is 1. The summed E-state index contributed by atoms with van der Waals surface area (Å²) in [5, 5.41) is 2.15. The van der Waals surface area contributed by atoms with Crippen LogP contribution in [0.2, 0.25) is 0 Å². The summed E-state index contributed by atoms with van der Waals surface area (Å²) < 4.78 is 42.8. The molecule has 0 aliphatic carbocycles. The number of alkyl halides is 2. The van der Waals surface area contributed by atoms with Gasteiger partial charge in [-0.1, -0.05) is 0 Å². The molecule has 1 aliphatic heterocycles. The number of ether oxygens (including phenoxy) is 1. The third kappa shape index (κ3) is 4.18. The predicted molar refractivity (Wildman–Crippen MR) is 80.6 cm³/mol. The summed E-state index contributed by atoms with van der Waals surface area (Å²) >= 11 is 0. The first-order valence-electron chi connectivity index (χ1n) is 7.64. The van der Waals surface area contributed by atoms with E-state index in [0.717, 1.165) is 12.5 Å². The van der Waals surface area contributed by atoms with Crippen LogP contribution in [0.5, 0.6) is 5.75 Å². The summed E-state index contributed by atoms with van der Waals surface area (Å²) in [7, 11) is 1.29. The van der Waals surface area contributed by atoms with Crippen LogP contribution in [0.15, 0.2) is 18.2 Å². The molecule has 1 saturated heterocycles. The van der Waals surface area contributed by atoms with Crippen molar-refractivity contribution in [3.8, 4) is 5.75 Å². The summed E-state index contributed by atoms with van der Waals surface area (Å²) in [5.41, 5.74) is 0.182. The molecule has 2 amide bonds. The minimum Gasteiger partial charge on any atom is -0.494 e. The number of hydrogen-bond acceptors (Lipinski definition) is 3. The van der Waals surface area contributed by atoms with E-state index in [2.05, 4.69) is 5.32 Å². The first kappa shape index (κ1) is 18.1. The molecule has 0 bridgehead atoms. The van der Waals surface area contributed by atoms with E-state index in [4.69, 9.17) is 4.74 Å². The molecule has 1 aromatic carbocycles. The number of benzene rings is 1. The van der Waals surface area contributed by atoms with Crippen molar-refractivity contribution in [2.24, 2.45) is 0 Å². The Kier molecular flexibility index (Phi) is 6.05. The van der Waals surface area contributed by atoms with Gasteiger partial charge in [0.25, 0.3) is 12.3 Å². The molecule has 8 heteroatoms. The summed E-state index contributed by atoms with van der Waals surface area (Å²) in [6, 6.07) is 2.88. The molecule has 1 N–H and O–H groups in total. The van der Waals surface area contributed by atoms with Crippen molar-refractivity contribution in [1.29, 1.82) is 0 Å². The molecule has 1 atom stereocenters. The van der Waals surface area contributed by atoms with Crippen LogP contribution >= 0.6 is 0 Å². The van der Waals surface area contributed by atoms with Crippen LogP contribution in [0.4, 0.5) is 13.2 Å². The molecule has 0 radical (unpaired) electrons. The molecule has 24 heavy (non-hydrogen) atoms. The first-order chi connectivity index (χ1) is 11.4. The Morgan fingerprint density at radius 1 is 1.38 bits per heavy atom. The minimum absolute atomic E-state index is 0.0726. The number of hydrogen-bond donors (Lipinski definition) is 1. The normalized spacial score (nSPS) is 17.7. The van der Waals surface area contributed by atoms with E-state index in [1.165, 1.54) is 24.1 Å². The van der Waals surface area contributed by atoms with Gasteiger partial charge >= 0.3 is 0 Å². The number of halogens is 3. The van der Waals surface area contributed by atoms with E-state index in [0.29, 0.717) is 19.4 Å². The van der Waals surface area contributed by atoms with Crippen LogP contribution in [0.25, 0.3) is 0 Å². The molecule has 132 valence electrons. The maximum absolute atomic E-state index is 13.5. The Morgan fingerprint density at radius 2 is 2.12 bits per heavy atom. The van der Waals surface area contributed by atoms with Gasteiger partial charge in [0.2, 0.25) is 5.91 Å². The van der Waals surface area contributed by atoms with Gasteiger partial charge in [0, 0.05) is 12.1 Å². The fourth-order valence-electron chi connectivity index (χ4n) is 2.70. The average molecular weight is 344 g/mol. The number of rotatable bonds is 5. The second-order valence-corrected chi connectivity index (χ2v) is 5.50. The highest BCUT2D eigenvalue weighted by Crippen LogP contribution is 2.23. The maximum atomic E-state index is 13.5. The van der Waals surface area contributed by atoms with Gasteiger partial charge in [-0.25, -0.2) is 13.2 Å². The van der Waals surface area contributed by atoms with Gasteiger partial charge in [-0.05, 0) is 37.5 Å². The van der Waals surface area contributed by atoms with Crippen molar-refractivity contribution in [2.45, 2.75) is 31.7 Å². The van der Waals surface area contributed by atoms with Crippen molar-refractivity contribution in [1.82, 2.24) is 10.2 Å². The number of nitrogens with one attached hydrogen (secondary N) is 1. The van der Waals surface area contributed by atoms with Crippen LogP contribution in [0.3, 0.4) is 0 Å². The summed E-state index contributed by atoms with van der Waals surface area (Å²) in [5.74, 6) is -1.72. The number of amides is 2. The summed E-state index contributed by atoms with van der Waals surface area (Å²) in [6.07, 6.45) is -0.812. The number of likely N-dealkylation sites (tertiary alicyclic amines) is 1. The summed E-state index contributed by atoms with van der Waals surface area (Å²) in [6.45, 7) is -0.410. The molecule has 1 heterocycles. The molecule has 0 saturated carbocycles. The fraction of sp³-hybridized carbons (Fsp3) is 0.500. The SMILES string of the molecule is COc1cc(C(=O)N2CCCC[C@H]2C(=O)NCC(F)F)ccc1F. The lowest BCUT2D eigenvalue weighted by Gasteiger charge is -2.34. The van der Waals surface area contributed by atoms with Gasteiger partial charge in [0.1, 0.15) is 6.04 Å². The third-order valence-corrected chi connectivity index (χ3v) is 3.89. The molecule has 1 aliphatic rings. The van der Waals surface area contributed by atoms with Crippen LogP contribution in [-0.2, 0) is 4.79 Å². The van der Waals surface area contributed by atoms with Crippen LogP contribution < -0.4 is 10.1 Å². The zero-order chi connectivity index (χ0) is 17.7. The Morgan fingerprint density at radius 3 is 2.79 bits per heavy atom. The Bertz CT molecular complexity index is 610. The van der Waals surface area contributed by atoms with Gasteiger partial charge in [0.15, 0.2) is 11.6 Å². The quantitative estimate of drug-likeness (QED) is 0.891. The Balaban J connectivity index is 2.17. The van der Waals surface area contributed by atoms with Crippen LogP contribution in [0.1, 0.15) is 29.6 Å². The highest BCUT2D eigenvalue weighted by molar-refractivity contribution is 5.98. The lowest BCUT2D eigenvalue weighted by molar-refractivity contribution is -0.127. The lowest BCUT2D eigenvalue weighted by Crippen LogP contribution is -2.52. The topological polar surface area (TPSA) is 58.6 Å². The van der Waals surface area contributed by atoms with Gasteiger partial charge in [0.05, 0.1) is 13.7 Å². The second-order valence-electron chi connectivity index (χ2n) is 5.50. The van der Waals surface area contributed by atoms with Gasteiger partial charge in [-0.3, -0.25) is 9.59 Å². The molecule has 2 rings (SSSR count). The largest absolute Gasteiger partial charge is 0.494 e. The van der Waals surface area contributed by atoms with E-state index in [1.807, 2.05) is 0 Å². The van der Waals surface area contributed by atoms with Crippen molar-refractivity contribution in [3.63, 3.8) is 0 Å². The maximum Gasteiger partial charge on any atom is 0.255 e. The molecular formula is C16H19F3N2O3. The van der Waals surface area contributed by atoms with E-state index in [9.17, 15) is 22.8 Å². The minimum atomic E-state index is -2.65. The second kappa shape index (κ2) is 8.03. The standard InChI is InChI=1S/C16H19F3N2O3/c1-24-13-8-10(5-6-11(13)17)16(23)21-7-3-2-4-12(21)15(22)20-9-14(18)19/h5-6,8,12,14H,2-4,7,9H2,1H3,(H,20,22)/t12-/m0/s1. The monoisotopic (exact) mass is 344 g/mol. The fourth-order valence-corrected chi connectivity index (χ4v) is 2.70. The van der Waals surface area contributed by atoms with Crippen molar-refractivity contribution >= 4 is 11.8 Å². The predicted octanol–water partition coefficient (Wildman–Crippen LogP) is 2.21. The summed E-state index contributed by atoms with van der Waals surface area (Å²) in [4.78, 5) is 26.1. The molecule has 0 unspecified atom stereocenters. The number of carbonyl (C=O) groups is 2. The number of piperidine rings is 1. The van der Waals surface area contributed by atoms with Gasteiger partial charge < -0.3 is 15.0 Å². The van der Waals surface area contributed by atoms with Crippen LogP contribution in [-0.4, -0.2) is 49.4 Å². The van der Waals surface area contributed by atoms with E-state index < -0.39 is 36.6 Å². The van der Waals surface area contributed by atoms with Crippen molar-refractivity contribution < 1.29 is 27.5 Å². The molecule has 1 aromatic rings. The molecule has 5 nitrogen and oxygen atoms in total. The van der Waals surface area contributed by atoms with Crippen molar-refractivity contribution in [3.05, 3.63) is 29.6 Å². The number of methoxy groups -OCH3 is 1. The third-order valence-electron chi connectivity index (χ3n) is 3.89. The highest BCUT2D eigenvalue weighted by Gasteiger charge is 2.33. The molecule has 1 fully saturated rings. The van der Waals surface area contributed by atoms with Gasteiger partial charge in [-0.15, -0.1) is 0 Å². The smallest absolute Gasteiger partial charge is 0.255 e. The number of carbonyl (C=O) groups excluding carboxylic acids is 2. The molecule has 0 aromatic heterocycles. The zero-order valence-electron chi connectivity index (χ0n) is 13.2. The van der Waals surface area contributed by atoms with Crippen LogP contribution in [0, 0.1) is 5.82 Å². The van der Waals surface area contributed by atoms with Crippen molar-refractivity contribution in [2.75, 3.05) is 20.2 Å². The average Bonchev–Trinajstić information content (AvgIpc) is 2.59. The highest BCUT2D eigenvalue weighted by atomic mass is 19.3. The molecule has 0 spiro atoms. The molecular weight excluding hydrogens is 325 g/mol. The zero-order valence-corrected chi connectivity index (χ0v) is 13.2. The first-order valence-corrected chi connectivity index (χ1v) is 7.64. The van der Waals surface area contributed by atoms with Gasteiger partial charge in [-0.2, -0.15) is 0 Å². The van der Waals surface area contributed by atoms with E-state index in [1.54, 1.807) is 0 Å². The van der Waals surface area contributed by atoms with E-state index in [-0.39, 0.29) is 11.3 Å². The van der Waals surface area contributed by atoms with E-state index >= 15 is 0 Å². The lowest BCUT2D eigenvalue weighted by atomic mass is 10.00. The Labute approximate surface area is 137 Å². The Hall–Kier alpha value is -2.25.